The Kier molecular flexibility index (Phi) is 35.1. The van der Waals surface area contributed by atoms with Crippen molar-refractivity contribution in [3.8, 4) is 0 Å². The molecule has 256 valence electrons. The molecule has 0 saturated heterocycles. The number of nitrogens with one attached hydrogen (secondary N) is 1. The Labute approximate surface area is 262 Å². The van der Waals surface area contributed by atoms with E-state index in [1.165, 1.54) is 103 Å². The molecule has 9 nitrogen and oxygen atoms in total. The van der Waals surface area contributed by atoms with Gasteiger partial charge in [0, 0.05) is 12.8 Å². The molecule has 43 heavy (non-hydrogen) atoms. The van der Waals surface area contributed by atoms with E-state index in [4.69, 9.17) is 20.1 Å². The molecule has 5 N–H and O–H groups in total. The van der Waals surface area contributed by atoms with E-state index in [2.05, 4.69) is 19.2 Å². The van der Waals surface area contributed by atoms with E-state index in [0.717, 1.165) is 32.1 Å². The predicted octanol–water partition coefficient (Wildman–Crippen LogP) is 6.83. The lowest BCUT2D eigenvalue weighted by Crippen LogP contribution is -2.41. The summed E-state index contributed by atoms with van der Waals surface area (Å²) in [6.45, 7) is 4.12. The van der Waals surface area contributed by atoms with Crippen molar-refractivity contribution in [3.05, 3.63) is 0 Å². The van der Waals surface area contributed by atoms with Gasteiger partial charge in [0.2, 0.25) is 5.91 Å². The topological polar surface area (TPSA) is 153 Å². The molecule has 0 spiro atoms. The van der Waals surface area contributed by atoms with E-state index >= 15 is 0 Å². The number of unbranched alkanes of at least 4 members (excludes halogenated alkanes) is 19. The number of carbonyl (C=O) groups excluding carboxylic acids is 2. The van der Waals surface area contributed by atoms with Crippen LogP contribution in [0.5, 0.6) is 0 Å². The Morgan fingerprint density at radius 2 is 1.00 bits per heavy atom. The molecule has 0 fully saturated rings. The van der Waals surface area contributed by atoms with Gasteiger partial charge in [0.15, 0.2) is 0 Å². The molecule has 0 rings (SSSR count). The number of carboxylic acids is 1. The van der Waals surface area contributed by atoms with Crippen molar-refractivity contribution in [2.75, 3.05) is 19.8 Å². The normalized spacial score (nSPS) is 11.6. The van der Waals surface area contributed by atoms with Crippen LogP contribution in [0.15, 0.2) is 0 Å². The highest BCUT2D eigenvalue weighted by Crippen LogP contribution is 2.13. The van der Waals surface area contributed by atoms with E-state index in [0.29, 0.717) is 13.0 Å². The molecule has 0 aromatic carbocycles. The van der Waals surface area contributed by atoms with Gasteiger partial charge in [0.1, 0.15) is 12.1 Å². The quantitative estimate of drug-likeness (QED) is 0.0434. The summed E-state index contributed by atoms with van der Waals surface area (Å²) in [7, 11) is 0. The van der Waals surface area contributed by atoms with Crippen LogP contribution in [0.2, 0.25) is 0 Å². The van der Waals surface area contributed by atoms with E-state index < -0.39 is 18.1 Å². The number of ether oxygens (including phenoxy) is 1. The first-order chi connectivity index (χ1) is 20.8. The van der Waals surface area contributed by atoms with Crippen LogP contribution < -0.4 is 5.32 Å². The lowest BCUT2D eigenvalue weighted by molar-refractivity contribution is -0.145. The Bertz CT molecular complexity index is 628. The fourth-order valence-electron chi connectivity index (χ4n) is 4.64. The second-order valence-electron chi connectivity index (χ2n) is 11.7. The minimum absolute atomic E-state index is 0.00747. The van der Waals surface area contributed by atoms with E-state index in [9.17, 15) is 19.5 Å². The van der Waals surface area contributed by atoms with Crippen LogP contribution in [0.3, 0.4) is 0 Å². The molecule has 0 aliphatic rings. The molecule has 0 bridgehead atoms. The average Bonchev–Trinajstić information content (AvgIpc) is 3.00. The number of esters is 1. The molecule has 9 heteroatoms. The molecule has 0 aromatic rings. The summed E-state index contributed by atoms with van der Waals surface area (Å²) in [6, 6.07) is -1.04. The van der Waals surface area contributed by atoms with Crippen LogP contribution in [0.25, 0.3) is 0 Å². The minimum atomic E-state index is -1.10. The fraction of sp³-hybridized carbons (Fsp3) is 0.912. The van der Waals surface area contributed by atoms with E-state index in [-0.39, 0.29) is 37.9 Å². The summed E-state index contributed by atoms with van der Waals surface area (Å²) >= 11 is 0. The van der Waals surface area contributed by atoms with Crippen molar-refractivity contribution < 1.29 is 39.5 Å². The summed E-state index contributed by atoms with van der Waals surface area (Å²) in [5, 5.41) is 36.0. The van der Waals surface area contributed by atoms with Gasteiger partial charge in [-0.2, -0.15) is 0 Å². The first kappa shape index (κ1) is 43.4. The van der Waals surface area contributed by atoms with Crippen molar-refractivity contribution in [1.29, 1.82) is 0 Å². The standard InChI is InChI=1S/C31H59NO5.C3H8O3/c1-3-5-7-9-11-13-14-15-17-19-21-23-27-37-30(34)26-25-28(31(35)36)32-29(33)24-22-20-18-16-12-10-8-6-4-2;4-1-3(6)2-5/h28H,3-27H2,1-2H3,(H,32,33)(H,35,36);3-6H,1-2H2/t28-;/m0./s1. The van der Waals surface area contributed by atoms with Gasteiger partial charge in [-0.3, -0.25) is 9.59 Å². The van der Waals surface area contributed by atoms with Gasteiger partial charge in [-0.25, -0.2) is 4.79 Å². The van der Waals surface area contributed by atoms with Crippen molar-refractivity contribution in [2.45, 2.75) is 180 Å². The first-order valence-electron chi connectivity index (χ1n) is 17.4. The first-order valence-corrected chi connectivity index (χ1v) is 17.4. The smallest absolute Gasteiger partial charge is 0.326 e. The number of aliphatic hydroxyl groups is 3. The Balaban J connectivity index is 0. The van der Waals surface area contributed by atoms with Crippen LogP contribution in [0, 0.1) is 0 Å². The Hall–Kier alpha value is -1.71. The molecular formula is C34H67NO8. The monoisotopic (exact) mass is 617 g/mol. The number of aliphatic carboxylic acids is 1. The van der Waals surface area contributed by atoms with E-state index in [1.807, 2.05) is 0 Å². The molecule has 0 aromatic heterocycles. The van der Waals surface area contributed by atoms with Crippen LogP contribution in [-0.4, -0.2) is 70.2 Å². The molecule has 0 unspecified atom stereocenters. The Morgan fingerprint density at radius 3 is 1.37 bits per heavy atom. The average molecular weight is 618 g/mol. The van der Waals surface area contributed by atoms with Gasteiger partial charge >= 0.3 is 11.9 Å². The zero-order valence-electron chi connectivity index (χ0n) is 27.7. The van der Waals surface area contributed by atoms with Crippen LogP contribution in [0.1, 0.15) is 168 Å². The second-order valence-corrected chi connectivity index (χ2v) is 11.7. The number of rotatable bonds is 30. The SMILES string of the molecule is CCCCCCCCCCCCCCOC(=O)CC[C@H](NC(=O)CCCCCCCCCCC)C(=O)O.OCC(O)CO. The third-order valence-corrected chi connectivity index (χ3v) is 7.46. The van der Waals surface area contributed by atoms with E-state index in [1.54, 1.807) is 0 Å². The summed E-state index contributed by atoms with van der Waals surface area (Å²) in [6.07, 6.45) is 25.0. The number of aliphatic hydroxyl groups excluding tert-OH is 3. The summed E-state index contributed by atoms with van der Waals surface area (Å²) in [4.78, 5) is 35.6. The van der Waals surface area contributed by atoms with Crippen molar-refractivity contribution >= 4 is 17.8 Å². The van der Waals surface area contributed by atoms with Gasteiger partial charge in [-0.05, 0) is 19.3 Å². The minimum Gasteiger partial charge on any atom is -0.480 e. The lowest BCUT2D eigenvalue weighted by Gasteiger charge is -2.14. The third kappa shape index (κ3) is 34.6. The third-order valence-electron chi connectivity index (χ3n) is 7.46. The molecule has 0 heterocycles. The van der Waals surface area contributed by atoms with Crippen LogP contribution >= 0.6 is 0 Å². The van der Waals surface area contributed by atoms with Crippen LogP contribution in [-0.2, 0) is 19.1 Å². The molecule has 0 aliphatic heterocycles. The Morgan fingerprint density at radius 1 is 0.605 bits per heavy atom. The number of amides is 1. The number of carboxylic acid groups (broad SMARTS) is 1. The number of hydrogen-bond donors (Lipinski definition) is 5. The molecule has 1 amide bonds. The maximum absolute atomic E-state index is 12.1. The van der Waals surface area contributed by atoms with Gasteiger partial charge in [0.25, 0.3) is 0 Å². The zero-order chi connectivity index (χ0) is 32.4. The van der Waals surface area contributed by atoms with Crippen molar-refractivity contribution in [1.82, 2.24) is 5.32 Å². The highest BCUT2D eigenvalue weighted by Gasteiger charge is 2.21. The van der Waals surface area contributed by atoms with Crippen molar-refractivity contribution in [3.63, 3.8) is 0 Å². The van der Waals surface area contributed by atoms with Crippen LogP contribution in [0.4, 0.5) is 0 Å². The van der Waals surface area contributed by atoms with Gasteiger partial charge in [-0.15, -0.1) is 0 Å². The van der Waals surface area contributed by atoms with Gasteiger partial charge < -0.3 is 30.5 Å². The highest BCUT2D eigenvalue weighted by molar-refractivity contribution is 5.84. The number of hydrogen-bond acceptors (Lipinski definition) is 7. The fourth-order valence-corrected chi connectivity index (χ4v) is 4.64. The summed E-state index contributed by atoms with van der Waals surface area (Å²) in [5.74, 6) is -1.74. The summed E-state index contributed by atoms with van der Waals surface area (Å²) < 4.78 is 5.26. The maximum Gasteiger partial charge on any atom is 0.326 e. The largest absolute Gasteiger partial charge is 0.480 e. The molecule has 1 atom stereocenters. The number of carbonyl (C=O) groups is 3. The predicted molar refractivity (Wildman–Crippen MR) is 173 cm³/mol. The van der Waals surface area contributed by atoms with Gasteiger partial charge in [-0.1, -0.05) is 136 Å². The molecular weight excluding hydrogens is 550 g/mol. The second kappa shape index (κ2) is 34.8. The summed E-state index contributed by atoms with van der Waals surface area (Å²) in [5.41, 5.74) is 0. The zero-order valence-corrected chi connectivity index (χ0v) is 27.7. The molecule has 0 radical (unpaired) electrons. The van der Waals surface area contributed by atoms with Crippen molar-refractivity contribution in [2.24, 2.45) is 0 Å². The lowest BCUT2D eigenvalue weighted by atomic mass is 10.1. The molecule has 0 saturated carbocycles. The maximum atomic E-state index is 12.1. The molecule has 0 aliphatic carbocycles. The highest BCUT2D eigenvalue weighted by atomic mass is 16.5. The van der Waals surface area contributed by atoms with Gasteiger partial charge in [0.05, 0.1) is 19.8 Å².